The summed E-state index contributed by atoms with van der Waals surface area (Å²) in [5, 5.41) is 0. The van der Waals surface area contributed by atoms with E-state index in [9.17, 15) is 4.79 Å². The van der Waals surface area contributed by atoms with Gasteiger partial charge in [0.05, 0.1) is 13.5 Å². The van der Waals surface area contributed by atoms with Crippen molar-refractivity contribution in [2.45, 2.75) is 6.42 Å². The number of carbonyl (C=O) groups excluding carboxylic acids is 1. The Kier molecular flexibility index (Phi) is 3.86. The number of carbonyl (C=O) groups is 1. The molecule has 0 saturated carbocycles. The molecule has 0 atom stereocenters. The molecule has 0 N–H and O–H groups in total. The van der Waals surface area contributed by atoms with Gasteiger partial charge in [-0.2, -0.15) is 0 Å². The molecule has 0 unspecified atom stereocenters. The Morgan fingerprint density at radius 1 is 1.17 bits per heavy atom. The van der Waals surface area contributed by atoms with Crippen LogP contribution in [0.3, 0.4) is 0 Å². The molecular formula is C13H12N2O3. The van der Waals surface area contributed by atoms with Gasteiger partial charge in [-0.15, -0.1) is 0 Å². The fourth-order valence-corrected chi connectivity index (χ4v) is 1.41. The van der Waals surface area contributed by atoms with Crippen molar-refractivity contribution in [3.63, 3.8) is 0 Å². The van der Waals surface area contributed by atoms with Gasteiger partial charge in [0, 0.05) is 18.0 Å². The maximum absolute atomic E-state index is 11.3. The van der Waals surface area contributed by atoms with E-state index < -0.39 is 0 Å². The molecule has 0 spiro atoms. The number of nitrogens with zero attached hydrogens (tertiary/aromatic N) is 2. The molecule has 5 heteroatoms. The highest BCUT2D eigenvalue weighted by Gasteiger charge is 2.10. The minimum Gasteiger partial charge on any atom is -0.469 e. The van der Waals surface area contributed by atoms with Crippen LogP contribution >= 0.6 is 0 Å². The van der Waals surface area contributed by atoms with Crippen LogP contribution in [0.15, 0.2) is 42.7 Å². The fraction of sp³-hybridized carbons (Fsp3) is 0.154. The highest BCUT2D eigenvalue weighted by Crippen LogP contribution is 2.22. The first kappa shape index (κ1) is 12.0. The average molecular weight is 244 g/mol. The topological polar surface area (TPSA) is 61.3 Å². The Balaban J connectivity index is 2.20. The third kappa shape index (κ3) is 3.04. The van der Waals surface area contributed by atoms with E-state index in [2.05, 4.69) is 14.7 Å². The fourth-order valence-electron chi connectivity index (χ4n) is 1.41. The van der Waals surface area contributed by atoms with Gasteiger partial charge in [0.2, 0.25) is 0 Å². The van der Waals surface area contributed by atoms with Crippen molar-refractivity contribution in [3.8, 4) is 11.8 Å². The lowest BCUT2D eigenvalue weighted by molar-refractivity contribution is -0.139. The summed E-state index contributed by atoms with van der Waals surface area (Å²) in [6.45, 7) is 0. The summed E-state index contributed by atoms with van der Waals surface area (Å²) in [5.74, 6) is 0.231. The zero-order valence-corrected chi connectivity index (χ0v) is 9.87. The average Bonchev–Trinajstić information content (AvgIpc) is 2.42. The van der Waals surface area contributed by atoms with Gasteiger partial charge >= 0.3 is 12.0 Å². The summed E-state index contributed by atoms with van der Waals surface area (Å²) < 4.78 is 10.2. The maximum atomic E-state index is 11.3. The van der Waals surface area contributed by atoms with Gasteiger partial charge in [-0.05, 0) is 12.1 Å². The molecule has 18 heavy (non-hydrogen) atoms. The standard InChI is InChI=1S/C13H12N2O3/c1-17-12(16)9-10-5-2-3-6-11(10)18-13-14-7-4-8-15-13/h2-8H,9H2,1H3. The number of esters is 1. The molecule has 2 aromatic rings. The number of methoxy groups -OCH3 is 1. The minimum atomic E-state index is -0.319. The third-order valence-corrected chi connectivity index (χ3v) is 2.28. The Labute approximate surface area is 104 Å². The number of para-hydroxylation sites is 1. The van der Waals surface area contributed by atoms with Crippen LogP contribution in [0.2, 0.25) is 0 Å². The van der Waals surface area contributed by atoms with Crippen molar-refractivity contribution < 1.29 is 14.3 Å². The van der Waals surface area contributed by atoms with Gasteiger partial charge in [0.25, 0.3) is 0 Å². The van der Waals surface area contributed by atoms with Crippen molar-refractivity contribution in [1.82, 2.24) is 9.97 Å². The lowest BCUT2D eigenvalue weighted by Crippen LogP contribution is -2.05. The van der Waals surface area contributed by atoms with Crippen molar-refractivity contribution in [3.05, 3.63) is 48.3 Å². The molecular weight excluding hydrogens is 232 g/mol. The van der Waals surface area contributed by atoms with Gasteiger partial charge in [-0.3, -0.25) is 4.79 Å². The van der Waals surface area contributed by atoms with E-state index in [0.717, 1.165) is 5.56 Å². The van der Waals surface area contributed by atoms with E-state index >= 15 is 0 Å². The molecule has 1 aromatic heterocycles. The van der Waals surface area contributed by atoms with Crippen LogP contribution in [-0.2, 0) is 16.0 Å². The van der Waals surface area contributed by atoms with Crippen molar-refractivity contribution in [2.75, 3.05) is 7.11 Å². The number of ether oxygens (including phenoxy) is 2. The summed E-state index contributed by atoms with van der Waals surface area (Å²) in [5.41, 5.74) is 0.733. The molecule has 0 saturated heterocycles. The van der Waals surface area contributed by atoms with Crippen LogP contribution in [-0.4, -0.2) is 23.0 Å². The van der Waals surface area contributed by atoms with Gasteiger partial charge in [0.1, 0.15) is 5.75 Å². The largest absolute Gasteiger partial charge is 0.469 e. The van der Waals surface area contributed by atoms with E-state index in [1.807, 2.05) is 12.1 Å². The summed E-state index contributed by atoms with van der Waals surface area (Å²) in [6.07, 6.45) is 3.33. The Morgan fingerprint density at radius 2 is 1.89 bits per heavy atom. The normalized spacial score (nSPS) is 9.83. The third-order valence-electron chi connectivity index (χ3n) is 2.28. The highest BCUT2D eigenvalue weighted by molar-refractivity contribution is 5.73. The van der Waals surface area contributed by atoms with Crippen molar-refractivity contribution >= 4 is 5.97 Å². The van der Waals surface area contributed by atoms with Crippen LogP contribution in [0, 0.1) is 0 Å². The maximum Gasteiger partial charge on any atom is 0.321 e. The molecule has 0 fully saturated rings. The first-order chi connectivity index (χ1) is 8.79. The Bertz CT molecular complexity index is 529. The molecule has 0 aliphatic heterocycles. The predicted molar refractivity (Wildman–Crippen MR) is 64.3 cm³/mol. The zero-order valence-electron chi connectivity index (χ0n) is 9.87. The Morgan fingerprint density at radius 3 is 2.61 bits per heavy atom. The molecule has 0 aliphatic carbocycles. The van der Waals surface area contributed by atoms with Crippen LogP contribution in [0.25, 0.3) is 0 Å². The van der Waals surface area contributed by atoms with Gasteiger partial charge < -0.3 is 9.47 Å². The van der Waals surface area contributed by atoms with E-state index in [1.165, 1.54) is 7.11 Å². The zero-order chi connectivity index (χ0) is 12.8. The van der Waals surface area contributed by atoms with Crippen molar-refractivity contribution in [1.29, 1.82) is 0 Å². The van der Waals surface area contributed by atoms with Crippen LogP contribution in [0.5, 0.6) is 11.8 Å². The van der Waals surface area contributed by atoms with E-state index in [1.54, 1.807) is 30.6 Å². The molecule has 2 rings (SSSR count). The summed E-state index contributed by atoms with van der Waals surface area (Å²) in [6, 6.07) is 9.15. The minimum absolute atomic E-state index is 0.152. The molecule has 0 radical (unpaired) electrons. The van der Waals surface area contributed by atoms with E-state index in [0.29, 0.717) is 5.75 Å². The van der Waals surface area contributed by atoms with Gasteiger partial charge in [-0.25, -0.2) is 9.97 Å². The molecule has 5 nitrogen and oxygen atoms in total. The number of hydrogen-bond acceptors (Lipinski definition) is 5. The molecule has 0 aliphatic rings. The second-order valence-corrected chi connectivity index (χ2v) is 3.49. The van der Waals surface area contributed by atoms with E-state index in [4.69, 9.17) is 4.74 Å². The Hall–Kier alpha value is -2.43. The van der Waals surface area contributed by atoms with Crippen LogP contribution < -0.4 is 4.74 Å². The number of benzene rings is 1. The molecule has 0 bridgehead atoms. The van der Waals surface area contributed by atoms with Crippen molar-refractivity contribution in [2.24, 2.45) is 0 Å². The lowest BCUT2D eigenvalue weighted by Gasteiger charge is -2.08. The predicted octanol–water partition coefficient (Wildman–Crippen LogP) is 1.98. The smallest absolute Gasteiger partial charge is 0.321 e. The second kappa shape index (κ2) is 5.77. The highest BCUT2D eigenvalue weighted by atomic mass is 16.5. The van der Waals surface area contributed by atoms with Gasteiger partial charge in [-0.1, -0.05) is 18.2 Å². The first-order valence-electron chi connectivity index (χ1n) is 5.39. The number of rotatable bonds is 4. The quantitative estimate of drug-likeness (QED) is 0.769. The summed E-state index contributed by atoms with van der Waals surface area (Å²) in [4.78, 5) is 19.2. The van der Waals surface area contributed by atoms with Gasteiger partial charge in [0.15, 0.2) is 0 Å². The second-order valence-electron chi connectivity index (χ2n) is 3.49. The lowest BCUT2D eigenvalue weighted by atomic mass is 10.1. The monoisotopic (exact) mass is 244 g/mol. The SMILES string of the molecule is COC(=O)Cc1ccccc1Oc1ncccn1. The molecule has 0 amide bonds. The number of hydrogen-bond donors (Lipinski definition) is 0. The van der Waals surface area contributed by atoms with E-state index in [-0.39, 0.29) is 18.4 Å². The summed E-state index contributed by atoms with van der Waals surface area (Å²) in [7, 11) is 1.35. The first-order valence-corrected chi connectivity index (χ1v) is 5.39. The summed E-state index contributed by atoms with van der Waals surface area (Å²) >= 11 is 0. The molecule has 1 aromatic carbocycles. The number of aromatic nitrogens is 2. The van der Waals surface area contributed by atoms with Crippen LogP contribution in [0.4, 0.5) is 0 Å². The van der Waals surface area contributed by atoms with Crippen LogP contribution in [0.1, 0.15) is 5.56 Å². The molecule has 92 valence electrons. The molecule has 1 heterocycles.